The summed E-state index contributed by atoms with van der Waals surface area (Å²) in [5.74, 6) is -0.222. The minimum absolute atomic E-state index is 0.0212. The molecule has 3 heterocycles. The summed E-state index contributed by atoms with van der Waals surface area (Å²) in [4.78, 5) is 44.3. The highest BCUT2D eigenvalue weighted by molar-refractivity contribution is 6.01. The van der Waals surface area contributed by atoms with Gasteiger partial charge in [0.1, 0.15) is 23.4 Å². The van der Waals surface area contributed by atoms with E-state index in [2.05, 4.69) is 4.98 Å². The molecule has 0 aliphatic carbocycles. The summed E-state index contributed by atoms with van der Waals surface area (Å²) in [6.07, 6.45) is 2.49. The number of phenols is 1. The Balaban J connectivity index is 1.27. The van der Waals surface area contributed by atoms with Gasteiger partial charge in [-0.15, -0.1) is 0 Å². The molecule has 1 N–H and O–H groups in total. The number of para-hydroxylation sites is 1. The summed E-state index contributed by atoms with van der Waals surface area (Å²) < 4.78 is 6.93. The van der Waals surface area contributed by atoms with Gasteiger partial charge in [-0.3, -0.25) is 19.0 Å². The fourth-order valence-corrected chi connectivity index (χ4v) is 4.23. The summed E-state index contributed by atoms with van der Waals surface area (Å²) in [5.41, 5.74) is 1.38. The van der Waals surface area contributed by atoms with E-state index in [4.69, 9.17) is 4.42 Å². The molecule has 0 bridgehead atoms. The fourth-order valence-electron chi connectivity index (χ4n) is 4.23. The van der Waals surface area contributed by atoms with Crippen molar-refractivity contribution in [3.05, 3.63) is 70.8 Å². The normalized spacial score (nSPS) is 14.8. The molecule has 1 aliphatic rings. The second kappa shape index (κ2) is 7.96. The van der Waals surface area contributed by atoms with E-state index in [9.17, 15) is 19.5 Å². The number of fused-ring (bicyclic) bond motifs is 3. The van der Waals surface area contributed by atoms with Crippen LogP contribution in [0.5, 0.6) is 5.75 Å². The Morgan fingerprint density at radius 2 is 1.78 bits per heavy atom. The van der Waals surface area contributed by atoms with E-state index in [1.807, 2.05) is 18.2 Å². The predicted octanol–water partition coefficient (Wildman–Crippen LogP) is 2.97. The van der Waals surface area contributed by atoms with Crippen LogP contribution in [0.25, 0.3) is 22.1 Å². The molecule has 8 heteroatoms. The van der Waals surface area contributed by atoms with Crippen LogP contribution in [0.15, 0.2) is 64.1 Å². The number of aromatic nitrogens is 2. The molecule has 0 radical (unpaired) electrons. The smallest absolute Gasteiger partial charge is 0.297 e. The van der Waals surface area contributed by atoms with Crippen molar-refractivity contribution in [3.63, 3.8) is 0 Å². The number of nitrogens with zero attached hydrogens (tertiary/aromatic N) is 3. The van der Waals surface area contributed by atoms with Crippen molar-refractivity contribution in [2.75, 3.05) is 13.1 Å². The van der Waals surface area contributed by atoms with Gasteiger partial charge in [0.25, 0.3) is 5.56 Å². The highest BCUT2D eigenvalue weighted by Crippen LogP contribution is 2.25. The molecule has 32 heavy (non-hydrogen) atoms. The Morgan fingerprint density at radius 3 is 2.53 bits per heavy atom. The SMILES string of the molecule is O=C(c1ccc(O)cc1)C1CCN(C(=O)Cn2cnc3c(oc4ccccc43)c2=O)CC1. The summed E-state index contributed by atoms with van der Waals surface area (Å²) in [6.45, 7) is 0.764. The van der Waals surface area contributed by atoms with Gasteiger partial charge in [0.2, 0.25) is 11.5 Å². The number of hydrogen-bond donors (Lipinski definition) is 1. The molecular weight excluding hydrogens is 410 g/mol. The van der Waals surface area contributed by atoms with Gasteiger partial charge in [-0.05, 0) is 49.2 Å². The van der Waals surface area contributed by atoms with Gasteiger partial charge in [-0.25, -0.2) is 4.98 Å². The summed E-state index contributed by atoms with van der Waals surface area (Å²) in [5, 5.41) is 10.2. The number of hydrogen-bond acceptors (Lipinski definition) is 6. The van der Waals surface area contributed by atoms with Gasteiger partial charge in [0, 0.05) is 30.0 Å². The number of carbonyl (C=O) groups is 2. The van der Waals surface area contributed by atoms with E-state index in [0.717, 1.165) is 5.39 Å². The first-order chi connectivity index (χ1) is 15.5. The van der Waals surface area contributed by atoms with E-state index in [1.165, 1.54) is 23.0 Å². The number of amides is 1. The Bertz CT molecular complexity index is 1380. The lowest BCUT2D eigenvalue weighted by Crippen LogP contribution is -2.42. The van der Waals surface area contributed by atoms with Crippen molar-refractivity contribution in [2.45, 2.75) is 19.4 Å². The second-order valence-corrected chi connectivity index (χ2v) is 8.02. The number of rotatable bonds is 4. The molecule has 0 unspecified atom stereocenters. The number of phenolic OH excluding ortho intramolecular Hbond substituents is 1. The second-order valence-electron chi connectivity index (χ2n) is 8.02. The van der Waals surface area contributed by atoms with Crippen LogP contribution in [0, 0.1) is 5.92 Å². The molecule has 162 valence electrons. The molecule has 2 aromatic heterocycles. The number of ketones is 1. The van der Waals surface area contributed by atoms with Crippen LogP contribution < -0.4 is 5.56 Å². The zero-order valence-electron chi connectivity index (χ0n) is 17.2. The summed E-state index contributed by atoms with van der Waals surface area (Å²) in [7, 11) is 0. The topological polar surface area (TPSA) is 106 Å². The third kappa shape index (κ3) is 3.53. The van der Waals surface area contributed by atoms with Gasteiger partial charge in [0.05, 0.1) is 6.33 Å². The standard InChI is InChI=1S/C24H21N3O5/c28-17-7-5-15(6-8-17)22(30)16-9-11-26(12-10-16)20(29)13-27-14-25-21-18-3-1-2-4-19(18)32-23(21)24(27)31/h1-8,14,16,28H,9-13H2. The van der Waals surface area contributed by atoms with Crippen molar-refractivity contribution in [1.82, 2.24) is 14.5 Å². The number of likely N-dealkylation sites (tertiary alicyclic amines) is 1. The van der Waals surface area contributed by atoms with Crippen molar-refractivity contribution in [2.24, 2.45) is 5.92 Å². The Labute approximate surface area is 182 Å². The van der Waals surface area contributed by atoms with Crippen LogP contribution in [-0.4, -0.2) is 44.3 Å². The van der Waals surface area contributed by atoms with Crippen LogP contribution in [0.2, 0.25) is 0 Å². The van der Waals surface area contributed by atoms with Crippen LogP contribution in [-0.2, 0) is 11.3 Å². The molecule has 1 fully saturated rings. The number of piperidine rings is 1. The van der Waals surface area contributed by atoms with E-state index in [1.54, 1.807) is 23.1 Å². The zero-order chi connectivity index (χ0) is 22.2. The number of carbonyl (C=O) groups excluding carboxylic acids is 2. The molecule has 8 nitrogen and oxygen atoms in total. The lowest BCUT2D eigenvalue weighted by molar-refractivity contribution is -0.133. The molecule has 1 aliphatic heterocycles. The molecule has 1 amide bonds. The minimum Gasteiger partial charge on any atom is -0.508 e. The van der Waals surface area contributed by atoms with Gasteiger partial charge >= 0.3 is 0 Å². The molecule has 2 aromatic carbocycles. The Hall–Kier alpha value is -3.94. The van der Waals surface area contributed by atoms with Crippen molar-refractivity contribution in [3.8, 4) is 5.75 Å². The first-order valence-electron chi connectivity index (χ1n) is 10.5. The molecule has 5 rings (SSSR count). The lowest BCUT2D eigenvalue weighted by atomic mass is 9.89. The molecule has 0 spiro atoms. The number of benzene rings is 2. The summed E-state index contributed by atoms with van der Waals surface area (Å²) >= 11 is 0. The first-order valence-corrected chi connectivity index (χ1v) is 10.5. The molecular formula is C24H21N3O5. The first kappa shape index (κ1) is 20.0. The maximum Gasteiger partial charge on any atom is 0.297 e. The van der Waals surface area contributed by atoms with Crippen molar-refractivity contribution < 1.29 is 19.1 Å². The van der Waals surface area contributed by atoms with Gasteiger partial charge in [-0.2, -0.15) is 0 Å². The third-order valence-corrected chi connectivity index (χ3v) is 6.03. The maximum atomic E-state index is 12.8. The molecule has 0 saturated carbocycles. The average molecular weight is 431 g/mol. The number of aromatic hydroxyl groups is 1. The van der Waals surface area contributed by atoms with Crippen LogP contribution in [0.1, 0.15) is 23.2 Å². The Kier molecular flexibility index (Phi) is 4.97. The maximum absolute atomic E-state index is 12.8. The highest BCUT2D eigenvalue weighted by Gasteiger charge is 2.28. The zero-order valence-corrected chi connectivity index (χ0v) is 17.2. The van der Waals surface area contributed by atoms with Crippen molar-refractivity contribution >= 4 is 33.8 Å². The van der Waals surface area contributed by atoms with Gasteiger partial charge < -0.3 is 14.4 Å². The predicted molar refractivity (Wildman–Crippen MR) is 118 cm³/mol. The number of furan rings is 1. The van der Waals surface area contributed by atoms with Crippen molar-refractivity contribution in [1.29, 1.82) is 0 Å². The largest absolute Gasteiger partial charge is 0.508 e. The minimum atomic E-state index is -0.392. The Morgan fingerprint density at radius 1 is 1.06 bits per heavy atom. The van der Waals surface area contributed by atoms with E-state index in [-0.39, 0.29) is 35.5 Å². The van der Waals surface area contributed by atoms with E-state index < -0.39 is 5.56 Å². The quantitative estimate of drug-likeness (QED) is 0.498. The molecule has 1 saturated heterocycles. The molecule has 0 atom stereocenters. The van der Waals surface area contributed by atoms with Crippen LogP contribution in [0.3, 0.4) is 0 Å². The lowest BCUT2D eigenvalue weighted by Gasteiger charge is -2.31. The average Bonchev–Trinajstić information content (AvgIpc) is 3.20. The van der Waals surface area contributed by atoms with E-state index in [0.29, 0.717) is 42.6 Å². The third-order valence-electron chi connectivity index (χ3n) is 6.03. The molecule has 4 aromatic rings. The highest BCUT2D eigenvalue weighted by atomic mass is 16.3. The van der Waals surface area contributed by atoms with Crippen LogP contribution in [0.4, 0.5) is 0 Å². The fraction of sp³-hybridized carbons (Fsp3) is 0.250. The van der Waals surface area contributed by atoms with Crippen LogP contribution >= 0.6 is 0 Å². The number of Topliss-reactive ketones (excluding diaryl/α,β-unsaturated/α-hetero) is 1. The van der Waals surface area contributed by atoms with Gasteiger partial charge in [-0.1, -0.05) is 12.1 Å². The van der Waals surface area contributed by atoms with E-state index >= 15 is 0 Å². The van der Waals surface area contributed by atoms with Gasteiger partial charge in [0.15, 0.2) is 5.78 Å². The summed E-state index contributed by atoms with van der Waals surface area (Å²) in [6, 6.07) is 13.5. The monoisotopic (exact) mass is 431 g/mol.